The van der Waals surface area contributed by atoms with Gasteiger partial charge < -0.3 is 14.8 Å². The normalized spacial score (nSPS) is 14.8. The summed E-state index contributed by atoms with van der Waals surface area (Å²) >= 11 is 5.47. The Kier molecular flexibility index (Phi) is 5.21. The molecule has 0 saturated carbocycles. The van der Waals surface area contributed by atoms with Crippen LogP contribution in [0.4, 0.5) is 0 Å². The molecule has 0 radical (unpaired) electrons. The van der Waals surface area contributed by atoms with E-state index in [2.05, 4.69) is 41.2 Å². The molecule has 0 aromatic heterocycles. The summed E-state index contributed by atoms with van der Waals surface area (Å²) in [5, 5.41) is 3.51. The van der Waals surface area contributed by atoms with Gasteiger partial charge in [-0.3, -0.25) is 0 Å². The van der Waals surface area contributed by atoms with Crippen LogP contribution in [0.5, 0.6) is 11.5 Å². The second-order valence-corrected chi connectivity index (χ2v) is 6.43. The Morgan fingerprint density at radius 2 is 2.28 bits per heavy atom. The molecule has 1 aliphatic heterocycles. The van der Waals surface area contributed by atoms with Crippen LogP contribution in [0.1, 0.15) is 19.4 Å². The van der Waals surface area contributed by atoms with Gasteiger partial charge in [-0.05, 0) is 46.3 Å². The first-order valence-corrected chi connectivity index (χ1v) is 8.04. The molecule has 0 amide bonds. The summed E-state index contributed by atoms with van der Waals surface area (Å²) in [7, 11) is 0. The third-order valence-electron chi connectivity index (χ3n) is 2.71. The lowest BCUT2D eigenvalue weighted by Crippen LogP contribution is -2.27. The fraction of sp³-hybridized carbons (Fsp3) is 0.538. The van der Waals surface area contributed by atoms with Crippen LogP contribution in [-0.4, -0.2) is 24.3 Å². The van der Waals surface area contributed by atoms with Gasteiger partial charge in [0.25, 0.3) is 0 Å². The van der Waals surface area contributed by atoms with Gasteiger partial charge in [0.15, 0.2) is 11.5 Å². The van der Waals surface area contributed by atoms with Crippen LogP contribution in [0.2, 0.25) is 0 Å². The number of rotatable bonds is 6. The monoisotopic (exact) mass is 331 g/mol. The molecule has 2 rings (SSSR count). The number of hydrogen-bond acceptors (Lipinski definition) is 4. The lowest BCUT2D eigenvalue weighted by atomic mass is 10.2. The van der Waals surface area contributed by atoms with E-state index >= 15 is 0 Å². The fourth-order valence-electron chi connectivity index (χ4n) is 1.77. The van der Waals surface area contributed by atoms with Crippen molar-refractivity contribution in [1.29, 1.82) is 0 Å². The maximum absolute atomic E-state index is 5.41. The van der Waals surface area contributed by atoms with Crippen LogP contribution in [0.15, 0.2) is 16.6 Å². The number of ether oxygens (including phenoxy) is 2. The molecule has 1 aromatic rings. The molecule has 3 nitrogen and oxygen atoms in total. The van der Waals surface area contributed by atoms with E-state index in [0.29, 0.717) is 12.8 Å². The number of nitrogens with one attached hydrogen (secondary N) is 1. The van der Waals surface area contributed by atoms with E-state index in [1.807, 2.05) is 17.8 Å². The summed E-state index contributed by atoms with van der Waals surface area (Å²) in [6.45, 7) is 5.56. The highest BCUT2D eigenvalue weighted by Gasteiger charge is 2.17. The largest absolute Gasteiger partial charge is 0.454 e. The fourth-order valence-corrected chi connectivity index (χ4v) is 3.08. The number of fused-ring (bicyclic) bond motifs is 1. The topological polar surface area (TPSA) is 30.5 Å². The second kappa shape index (κ2) is 6.68. The molecular formula is C13H18BrNO2S. The summed E-state index contributed by atoms with van der Waals surface area (Å²) in [6.07, 6.45) is 0. The minimum Gasteiger partial charge on any atom is -0.454 e. The lowest BCUT2D eigenvalue weighted by Gasteiger charge is -2.13. The molecule has 0 aliphatic carbocycles. The summed E-state index contributed by atoms with van der Waals surface area (Å²) in [6, 6.07) is 4.64. The Balaban J connectivity index is 1.92. The van der Waals surface area contributed by atoms with E-state index in [4.69, 9.17) is 9.47 Å². The Bertz CT molecular complexity index is 414. The summed E-state index contributed by atoms with van der Waals surface area (Å²) in [5.41, 5.74) is 1.21. The number of hydrogen-bond donors (Lipinski definition) is 1. The number of halogens is 1. The van der Waals surface area contributed by atoms with Crippen molar-refractivity contribution < 1.29 is 9.47 Å². The molecule has 1 atom stereocenters. The van der Waals surface area contributed by atoms with Crippen molar-refractivity contribution in [3.63, 3.8) is 0 Å². The van der Waals surface area contributed by atoms with Gasteiger partial charge in [-0.15, -0.1) is 0 Å². The third kappa shape index (κ3) is 3.56. The minimum absolute atomic E-state index is 0.314. The van der Waals surface area contributed by atoms with Gasteiger partial charge in [0, 0.05) is 18.3 Å². The van der Waals surface area contributed by atoms with E-state index < -0.39 is 0 Å². The van der Waals surface area contributed by atoms with Crippen molar-refractivity contribution in [2.45, 2.75) is 26.4 Å². The predicted molar refractivity (Wildman–Crippen MR) is 79.6 cm³/mol. The maximum atomic E-state index is 5.41. The molecule has 18 heavy (non-hydrogen) atoms. The van der Waals surface area contributed by atoms with Crippen LogP contribution in [0.3, 0.4) is 0 Å². The zero-order valence-corrected chi connectivity index (χ0v) is 13.1. The Morgan fingerprint density at radius 1 is 1.44 bits per heavy atom. The number of thioether (sulfide) groups is 1. The van der Waals surface area contributed by atoms with Crippen LogP contribution in [0.25, 0.3) is 0 Å². The molecule has 0 bridgehead atoms. The summed E-state index contributed by atoms with van der Waals surface area (Å²) in [5.74, 6) is 3.95. The van der Waals surface area contributed by atoms with Crippen molar-refractivity contribution >= 4 is 27.7 Å². The van der Waals surface area contributed by atoms with Crippen LogP contribution in [-0.2, 0) is 6.54 Å². The average Bonchev–Trinajstić information content (AvgIpc) is 2.82. The van der Waals surface area contributed by atoms with Crippen molar-refractivity contribution in [3.05, 3.63) is 22.2 Å². The molecular weight excluding hydrogens is 314 g/mol. The van der Waals surface area contributed by atoms with E-state index in [-0.39, 0.29) is 0 Å². The molecule has 1 heterocycles. The summed E-state index contributed by atoms with van der Waals surface area (Å²) in [4.78, 5) is 0. The van der Waals surface area contributed by atoms with Gasteiger partial charge in [0.2, 0.25) is 6.79 Å². The summed E-state index contributed by atoms with van der Waals surface area (Å²) < 4.78 is 11.7. The molecule has 1 aliphatic rings. The van der Waals surface area contributed by atoms with Gasteiger partial charge in [-0.2, -0.15) is 11.8 Å². The van der Waals surface area contributed by atoms with Gasteiger partial charge in [0.05, 0.1) is 4.47 Å². The first kappa shape index (κ1) is 14.0. The SMILES string of the molecule is CCSCC(C)NCc1cc(Br)c2c(c1)OCO2. The Labute approximate surface area is 121 Å². The van der Waals surface area contributed by atoms with Crippen LogP contribution < -0.4 is 14.8 Å². The Morgan fingerprint density at radius 3 is 3.06 bits per heavy atom. The van der Waals surface area contributed by atoms with Crippen molar-refractivity contribution in [2.75, 3.05) is 18.3 Å². The number of benzene rings is 1. The smallest absolute Gasteiger partial charge is 0.231 e. The van der Waals surface area contributed by atoms with E-state index in [9.17, 15) is 0 Å². The maximum Gasteiger partial charge on any atom is 0.231 e. The molecule has 1 aromatic carbocycles. The molecule has 1 N–H and O–H groups in total. The van der Waals surface area contributed by atoms with Gasteiger partial charge in [0.1, 0.15) is 0 Å². The Hall–Kier alpha value is -0.390. The molecule has 100 valence electrons. The highest BCUT2D eigenvalue weighted by atomic mass is 79.9. The zero-order valence-electron chi connectivity index (χ0n) is 10.7. The molecule has 1 unspecified atom stereocenters. The molecule has 0 spiro atoms. The highest BCUT2D eigenvalue weighted by molar-refractivity contribution is 9.10. The average molecular weight is 332 g/mol. The second-order valence-electron chi connectivity index (χ2n) is 4.25. The van der Waals surface area contributed by atoms with Crippen LogP contribution >= 0.6 is 27.7 Å². The molecule has 0 saturated heterocycles. The van der Waals surface area contributed by atoms with E-state index in [1.54, 1.807) is 0 Å². The molecule has 0 fully saturated rings. The first-order chi connectivity index (χ1) is 8.70. The quantitative estimate of drug-likeness (QED) is 0.865. The standard InChI is InChI=1S/C13H18BrNO2S/c1-3-18-7-9(2)15-6-10-4-11(14)13-12(5-10)16-8-17-13/h4-5,9,15H,3,6-8H2,1-2H3. The van der Waals surface area contributed by atoms with Gasteiger partial charge in [-0.1, -0.05) is 6.92 Å². The van der Waals surface area contributed by atoms with Gasteiger partial charge >= 0.3 is 0 Å². The van der Waals surface area contributed by atoms with E-state index in [0.717, 1.165) is 28.3 Å². The van der Waals surface area contributed by atoms with Crippen molar-refractivity contribution in [1.82, 2.24) is 5.32 Å². The lowest BCUT2D eigenvalue weighted by molar-refractivity contribution is 0.173. The van der Waals surface area contributed by atoms with Crippen molar-refractivity contribution in [3.8, 4) is 11.5 Å². The first-order valence-electron chi connectivity index (χ1n) is 6.10. The third-order valence-corrected chi connectivity index (χ3v) is 4.45. The van der Waals surface area contributed by atoms with Gasteiger partial charge in [-0.25, -0.2) is 0 Å². The predicted octanol–water partition coefficient (Wildman–Crippen LogP) is 3.41. The zero-order chi connectivity index (χ0) is 13.0. The molecule has 5 heteroatoms. The van der Waals surface area contributed by atoms with E-state index in [1.165, 1.54) is 11.3 Å². The minimum atomic E-state index is 0.314. The van der Waals surface area contributed by atoms with Crippen LogP contribution in [0, 0.1) is 0 Å². The van der Waals surface area contributed by atoms with Crippen molar-refractivity contribution in [2.24, 2.45) is 0 Å². The highest BCUT2D eigenvalue weighted by Crippen LogP contribution is 2.39.